The zero-order chi connectivity index (χ0) is 39.6. The van der Waals surface area contributed by atoms with Crippen molar-refractivity contribution >= 4 is 67.3 Å². The zero-order valence-electron chi connectivity index (χ0n) is 32.7. The minimum absolute atomic E-state index is 0.872. The first-order valence-electron chi connectivity index (χ1n) is 19.5. The number of hydrogen-bond donors (Lipinski definition) is 0. The van der Waals surface area contributed by atoms with Crippen LogP contribution >= 0.6 is 15.9 Å². The van der Waals surface area contributed by atoms with Gasteiger partial charge in [-0.1, -0.05) is 169 Å². The second-order valence-corrected chi connectivity index (χ2v) is 14.8. The van der Waals surface area contributed by atoms with E-state index in [0.29, 0.717) is 0 Å². The molecule has 0 atom stereocenters. The number of benzene rings is 7. The quantitative estimate of drug-likeness (QED) is 0.134. The number of hydrogen-bond acceptors (Lipinski definition) is 2. The molecule has 0 saturated carbocycles. The monoisotopic (exact) mass is 802 g/mol. The molecule has 0 bridgehead atoms. The number of nitrogens with zero attached hydrogens (tertiary/aromatic N) is 2. The van der Waals surface area contributed by atoms with Gasteiger partial charge in [-0.05, 0) is 131 Å². The van der Waals surface area contributed by atoms with Crippen molar-refractivity contribution in [1.29, 1.82) is 0 Å². The average molecular weight is 804 g/mol. The van der Waals surface area contributed by atoms with E-state index in [4.69, 9.17) is 0 Å². The Morgan fingerprint density at radius 3 is 1.77 bits per heavy atom. The third kappa shape index (κ3) is 8.86. The van der Waals surface area contributed by atoms with Gasteiger partial charge in [-0.2, -0.15) is 0 Å². The van der Waals surface area contributed by atoms with Gasteiger partial charge in [0.15, 0.2) is 0 Å². The molecule has 7 aromatic rings. The molecule has 0 N–H and O–H groups in total. The predicted molar refractivity (Wildman–Crippen MR) is 251 cm³/mol. The van der Waals surface area contributed by atoms with E-state index in [0.717, 1.165) is 61.8 Å². The van der Waals surface area contributed by atoms with Crippen molar-refractivity contribution in [3.8, 4) is 11.1 Å². The van der Waals surface area contributed by atoms with E-state index in [1.807, 2.05) is 38.1 Å². The van der Waals surface area contributed by atoms with Crippen LogP contribution in [0.3, 0.4) is 0 Å². The van der Waals surface area contributed by atoms with Gasteiger partial charge < -0.3 is 9.80 Å². The van der Waals surface area contributed by atoms with Crippen LogP contribution in [-0.4, -0.2) is 0 Å². The van der Waals surface area contributed by atoms with Crippen LogP contribution in [0.25, 0.3) is 34.1 Å². The topological polar surface area (TPSA) is 6.48 Å². The Hall–Kier alpha value is -6.42. The molecule has 0 fully saturated rings. The Balaban J connectivity index is 0.00000119. The lowest BCUT2D eigenvalue weighted by atomic mass is 9.93. The maximum Gasteiger partial charge on any atom is 0.0493 e. The molecule has 280 valence electrons. The molecule has 3 heteroatoms. The Morgan fingerprint density at radius 2 is 1.14 bits per heavy atom. The average Bonchev–Trinajstić information content (AvgIpc) is 3.26. The number of para-hydroxylation sites is 2. The van der Waals surface area contributed by atoms with Crippen molar-refractivity contribution in [1.82, 2.24) is 0 Å². The van der Waals surface area contributed by atoms with Crippen molar-refractivity contribution < 1.29 is 0 Å². The first-order chi connectivity index (χ1) is 28.0. The van der Waals surface area contributed by atoms with E-state index in [1.165, 1.54) is 33.2 Å². The summed E-state index contributed by atoms with van der Waals surface area (Å²) in [6.07, 6.45) is 12.3. The lowest BCUT2D eigenvalue weighted by Crippen LogP contribution is -2.25. The Bertz CT molecular complexity index is 2680. The van der Waals surface area contributed by atoms with Gasteiger partial charge in [0.05, 0.1) is 0 Å². The van der Waals surface area contributed by atoms with E-state index in [-0.39, 0.29) is 0 Å². The van der Waals surface area contributed by atoms with Gasteiger partial charge >= 0.3 is 0 Å². The van der Waals surface area contributed by atoms with Crippen molar-refractivity contribution in [3.63, 3.8) is 0 Å². The maximum atomic E-state index is 4.28. The molecule has 0 heterocycles. The first kappa shape index (κ1) is 38.8. The van der Waals surface area contributed by atoms with Crippen LogP contribution in [0.2, 0.25) is 0 Å². The van der Waals surface area contributed by atoms with Gasteiger partial charge in [-0.15, -0.1) is 0 Å². The van der Waals surface area contributed by atoms with Gasteiger partial charge in [0.1, 0.15) is 0 Å². The number of anilines is 5. The van der Waals surface area contributed by atoms with Crippen LogP contribution < -0.4 is 20.2 Å². The van der Waals surface area contributed by atoms with Gasteiger partial charge in [-0.25, -0.2) is 0 Å². The van der Waals surface area contributed by atoms with E-state index < -0.39 is 0 Å². The minimum Gasteiger partial charge on any atom is -0.314 e. The number of rotatable bonds is 9. The van der Waals surface area contributed by atoms with Crippen molar-refractivity contribution in [2.24, 2.45) is 0 Å². The molecule has 7 aromatic carbocycles. The molecule has 2 nitrogen and oxygen atoms in total. The summed E-state index contributed by atoms with van der Waals surface area (Å²) in [4.78, 5) is 4.72. The number of allylic oxidation sites excluding steroid dienone is 7. The summed E-state index contributed by atoms with van der Waals surface area (Å²) in [6.45, 7) is 12.5. The summed E-state index contributed by atoms with van der Waals surface area (Å²) in [5.74, 6) is 0. The van der Waals surface area contributed by atoms with Crippen molar-refractivity contribution in [2.45, 2.75) is 26.7 Å². The summed E-state index contributed by atoms with van der Waals surface area (Å²) >= 11 is 3.92. The van der Waals surface area contributed by atoms with Gasteiger partial charge in [-0.3, -0.25) is 0 Å². The molecule has 0 aliphatic heterocycles. The lowest BCUT2D eigenvalue weighted by molar-refractivity contribution is 0.894. The highest BCUT2D eigenvalue weighted by atomic mass is 79.9. The molecule has 1 aliphatic carbocycles. The predicted octanol–water partition coefficient (Wildman–Crippen LogP) is 14.5. The molecule has 0 saturated heterocycles. The van der Waals surface area contributed by atoms with E-state index in [2.05, 4.69) is 215 Å². The summed E-state index contributed by atoms with van der Waals surface area (Å²) < 4.78 is 1.00. The molecule has 0 unspecified atom stereocenters. The Kier molecular flexibility index (Phi) is 12.6. The maximum absolute atomic E-state index is 4.28. The van der Waals surface area contributed by atoms with E-state index in [1.54, 1.807) is 0 Å². The van der Waals surface area contributed by atoms with Crippen LogP contribution in [-0.2, 0) is 0 Å². The second kappa shape index (κ2) is 18.5. The van der Waals surface area contributed by atoms with Crippen LogP contribution in [0.4, 0.5) is 28.4 Å². The van der Waals surface area contributed by atoms with Gasteiger partial charge in [0.2, 0.25) is 0 Å². The largest absolute Gasteiger partial charge is 0.314 e. The molecular weight excluding hydrogens is 757 g/mol. The first-order valence-corrected chi connectivity index (χ1v) is 20.3. The normalized spacial score (nSPS) is 12.9. The number of halogens is 1. The highest BCUT2D eigenvalue weighted by Crippen LogP contribution is 2.43. The van der Waals surface area contributed by atoms with Crippen LogP contribution in [0.1, 0.15) is 26.7 Å². The van der Waals surface area contributed by atoms with Crippen molar-refractivity contribution in [3.05, 3.63) is 233 Å². The summed E-state index contributed by atoms with van der Waals surface area (Å²) in [7, 11) is 0. The molecule has 8 rings (SSSR count). The summed E-state index contributed by atoms with van der Waals surface area (Å²) in [6, 6.07) is 60.3. The van der Waals surface area contributed by atoms with Crippen LogP contribution in [0.15, 0.2) is 223 Å². The zero-order valence-corrected chi connectivity index (χ0v) is 34.2. The third-order valence-electron chi connectivity index (χ3n) is 10.2. The molecule has 57 heavy (non-hydrogen) atoms. The smallest absolute Gasteiger partial charge is 0.0493 e. The van der Waals surface area contributed by atoms with Crippen LogP contribution in [0, 0.1) is 0 Å². The molecule has 0 aromatic heterocycles. The van der Waals surface area contributed by atoms with E-state index >= 15 is 0 Å². The highest BCUT2D eigenvalue weighted by Gasteiger charge is 2.21. The third-order valence-corrected chi connectivity index (χ3v) is 10.7. The van der Waals surface area contributed by atoms with Gasteiger partial charge in [0.25, 0.3) is 0 Å². The lowest BCUT2D eigenvalue weighted by Gasteiger charge is -2.32. The molecule has 0 spiro atoms. The van der Waals surface area contributed by atoms with Crippen LogP contribution in [0.5, 0.6) is 0 Å². The second-order valence-electron chi connectivity index (χ2n) is 13.9. The van der Waals surface area contributed by atoms with E-state index in [9.17, 15) is 0 Å². The van der Waals surface area contributed by atoms with Gasteiger partial charge in [0, 0.05) is 38.6 Å². The standard InChI is InChI=1S/C50H39BrN2.C4H8/c1-3-47(48-22-12-10-15-36(48)2)38-25-29-43(30-26-38)52(41-18-6-4-7-19-41)45-33-40(51)34-46(35-45)53(42-20-8-5-9-21-42)44-31-27-39(28-32-44)50-24-14-17-37-16-11-13-23-49(37)50;1-3-4-2/h3-25,27-29,31-35H,1-2,26,30H2;3-4H,1-2H3/b48-47+;4-3-. The fraction of sp³-hybridized carbons (Fsp3) is 0.0741. The van der Waals surface area contributed by atoms with Crippen molar-refractivity contribution in [2.75, 3.05) is 9.80 Å². The highest BCUT2D eigenvalue weighted by molar-refractivity contribution is 9.10. The SMILES string of the molecule is C/C=C\C.C=C/C(C1=CC=C(N(c2ccccc2)c2cc(Br)cc(N(c3ccccc3)c3ccc(-c4cccc5ccccc45)cc3)c2)CC1)=c1/ccccc1=C. The summed E-state index contributed by atoms with van der Waals surface area (Å²) in [5.41, 5.74) is 11.5. The minimum atomic E-state index is 0.872. The molecule has 0 radical (unpaired) electrons. The molecule has 1 aliphatic rings. The fourth-order valence-electron chi connectivity index (χ4n) is 7.40. The fourth-order valence-corrected chi connectivity index (χ4v) is 7.87. The summed E-state index contributed by atoms with van der Waals surface area (Å²) in [5, 5.41) is 4.64. The Morgan fingerprint density at radius 1 is 0.561 bits per heavy atom. The molecular formula is C54H47BrN2. The number of fused-ring (bicyclic) bond motifs is 1. The molecule has 0 amide bonds. The Labute approximate surface area is 346 Å².